The number of benzene rings is 1. The van der Waals surface area contributed by atoms with Crippen LogP contribution in [0.25, 0.3) is 10.9 Å². The highest BCUT2D eigenvalue weighted by atomic mass is 16.6. The summed E-state index contributed by atoms with van der Waals surface area (Å²) in [6.45, 7) is 5.02. The van der Waals surface area contributed by atoms with E-state index in [1.165, 1.54) is 12.3 Å². The molecule has 24 heavy (non-hydrogen) atoms. The lowest BCUT2D eigenvalue weighted by molar-refractivity contribution is 0.0130. The molecule has 0 fully saturated rings. The zero-order chi connectivity index (χ0) is 17.9. The molecule has 0 saturated carbocycles. The van der Waals surface area contributed by atoms with Crippen molar-refractivity contribution in [3.8, 4) is 0 Å². The average Bonchev–Trinajstić information content (AvgIpc) is 2.50. The number of amides is 1. The number of carbonyl (C=O) groups excluding carboxylic acids is 1. The van der Waals surface area contributed by atoms with Crippen molar-refractivity contribution in [2.45, 2.75) is 38.6 Å². The highest BCUT2D eigenvalue weighted by Gasteiger charge is 2.21. The van der Waals surface area contributed by atoms with E-state index in [4.69, 9.17) is 4.74 Å². The molecule has 1 amide bonds. The number of alkyl carbamates (subject to hydrolysis) is 1. The number of hydrogen-bond donors (Lipinski definition) is 4. The number of aromatic nitrogens is 1. The Kier molecular flexibility index (Phi) is 5.26. The summed E-state index contributed by atoms with van der Waals surface area (Å²) in [5.74, 6) is 0. The molecule has 0 radical (unpaired) electrons. The molecule has 4 N–H and O–H groups in total. The first-order chi connectivity index (χ1) is 11.2. The van der Waals surface area contributed by atoms with Crippen molar-refractivity contribution in [2.24, 2.45) is 0 Å². The molecule has 0 aliphatic heterocycles. The fourth-order valence-corrected chi connectivity index (χ4v) is 2.21. The van der Waals surface area contributed by atoms with Crippen LogP contribution in [0.3, 0.4) is 0 Å². The van der Waals surface area contributed by atoms with Gasteiger partial charge >= 0.3 is 6.09 Å². The smallest absolute Gasteiger partial charge is 0.407 e. The summed E-state index contributed by atoms with van der Waals surface area (Å²) < 4.78 is 5.06. The van der Waals surface area contributed by atoms with Gasteiger partial charge in [-0.2, -0.15) is 0 Å². The minimum Gasteiger partial charge on any atom is -0.444 e. The Morgan fingerprint density at radius 1 is 1.29 bits per heavy atom. The Morgan fingerprint density at radius 2 is 2.00 bits per heavy atom. The van der Waals surface area contributed by atoms with E-state index in [-0.39, 0.29) is 12.0 Å². The predicted molar refractivity (Wildman–Crippen MR) is 89.8 cm³/mol. The summed E-state index contributed by atoms with van der Waals surface area (Å²) in [6.07, 6.45) is -1.59. The molecule has 2 rings (SSSR count). The molecule has 0 spiro atoms. The molecule has 7 heteroatoms. The number of pyridine rings is 1. The van der Waals surface area contributed by atoms with Crippen LogP contribution in [0.4, 0.5) is 4.79 Å². The summed E-state index contributed by atoms with van der Waals surface area (Å²) in [5.41, 5.74) is 0.226. The average molecular weight is 334 g/mol. The first kappa shape index (κ1) is 18.0. The number of aliphatic hydroxyl groups is 2. The van der Waals surface area contributed by atoms with E-state index in [0.29, 0.717) is 16.5 Å². The third-order valence-corrected chi connectivity index (χ3v) is 3.34. The van der Waals surface area contributed by atoms with Crippen LogP contribution in [0, 0.1) is 0 Å². The van der Waals surface area contributed by atoms with E-state index in [9.17, 15) is 19.8 Å². The van der Waals surface area contributed by atoms with Crippen molar-refractivity contribution < 1.29 is 19.7 Å². The van der Waals surface area contributed by atoms with Gasteiger partial charge in [0.25, 0.3) is 0 Å². The first-order valence-electron chi connectivity index (χ1n) is 7.62. The monoisotopic (exact) mass is 334 g/mol. The molecule has 2 atom stereocenters. The molecule has 0 aliphatic rings. The van der Waals surface area contributed by atoms with Gasteiger partial charge in [-0.3, -0.25) is 4.79 Å². The first-order valence-corrected chi connectivity index (χ1v) is 7.62. The number of carbonyl (C=O) groups is 1. The number of aromatic amines is 1. The Morgan fingerprint density at radius 3 is 2.67 bits per heavy atom. The van der Waals surface area contributed by atoms with Crippen molar-refractivity contribution in [2.75, 3.05) is 6.54 Å². The van der Waals surface area contributed by atoms with Gasteiger partial charge in [-0.15, -0.1) is 0 Å². The summed E-state index contributed by atoms with van der Waals surface area (Å²) in [6, 6.07) is 6.16. The minimum atomic E-state index is -1.22. The molecular formula is C17H22N2O5. The Labute approximate surface area is 139 Å². The lowest BCUT2D eigenvalue weighted by atomic mass is 10.0. The van der Waals surface area contributed by atoms with Crippen LogP contribution in [0.1, 0.15) is 32.4 Å². The second-order valence-corrected chi connectivity index (χ2v) is 6.54. The van der Waals surface area contributed by atoms with Crippen LogP contribution < -0.4 is 10.7 Å². The number of H-pyrrole nitrogens is 1. The summed E-state index contributed by atoms with van der Waals surface area (Å²) in [5, 5.41) is 23.2. The van der Waals surface area contributed by atoms with E-state index in [1.807, 2.05) is 0 Å². The fraction of sp³-hybridized carbons (Fsp3) is 0.412. The number of fused-ring (bicyclic) bond motifs is 1. The van der Waals surface area contributed by atoms with Crippen LogP contribution in [0.2, 0.25) is 0 Å². The van der Waals surface area contributed by atoms with Gasteiger partial charge in [0, 0.05) is 29.7 Å². The number of aliphatic hydroxyl groups excluding tert-OH is 2. The van der Waals surface area contributed by atoms with Crippen LogP contribution in [-0.2, 0) is 4.74 Å². The Bertz CT molecular complexity index is 778. The summed E-state index contributed by atoms with van der Waals surface area (Å²) in [7, 11) is 0. The molecule has 1 heterocycles. The molecule has 7 nitrogen and oxygen atoms in total. The predicted octanol–water partition coefficient (Wildman–Crippen LogP) is 1.45. The molecule has 2 unspecified atom stereocenters. The van der Waals surface area contributed by atoms with Crippen molar-refractivity contribution in [1.82, 2.24) is 10.3 Å². The third kappa shape index (κ3) is 4.56. The maximum Gasteiger partial charge on any atom is 0.407 e. The largest absolute Gasteiger partial charge is 0.444 e. The second-order valence-electron chi connectivity index (χ2n) is 6.54. The van der Waals surface area contributed by atoms with Crippen molar-refractivity contribution >= 4 is 17.0 Å². The molecule has 1 aromatic heterocycles. The van der Waals surface area contributed by atoms with Gasteiger partial charge in [-0.05, 0) is 38.5 Å². The summed E-state index contributed by atoms with van der Waals surface area (Å²) in [4.78, 5) is 26.2. The van der Waals surface area contributed by atoms with E-state index < -0.39 is 23.9 Å². The van der Waals surface area contributed by atoms with Gasteiger partial charge in [-0.1, -0.05) is 6.07 Å². The molecule has 130 valence electrons. The maximum atomic E-state index is 11.7. The van der Waals surface area contributed by atoms with E-state index >= 15 is 0 Å². The van der Waals surface area contributed by atoms with Crippen LogP contribution in [0.15, 0.2) is 35.3 Å². The lowest BCUT2D eigenvalue weighted by Crippen LogP contribution is -2.38. The van der Waals surface area contributed by atoms with E-state index in [2.05, 4.69) is 10.3 Å². The molecular weight excluding hydrogens is 312 g/mol. The minimum absolute atomic E-state index is 0.128. The number of ether oxygens (including phenoxy) is 1. The van der Waals surface area contributed by atoms with E-state index in [1.54, 1.807) is 39.0 Å². The van der Waals surface area contributed by atoms with Gasteiger partial charge in [0.05, 0.1) is 0 Å². The SMILES string of the molecule is CC(C)(C)OC(=O)NCC(O)C(O)c1ccc2c(=O)cc[nH]c2c1. The van der Waals surface area contributed by atoms with Crippen molar-refractivity contribution in [3.05, 3.63) is 46.2 Å². The normalized spacial score (nSPS) is 14.2. The number of hydrogen-bond acceptors (Lipinski definition) is 5. The zero-order valence-corrected chi connectivity index (χ0v) is 13.9. The van der Waals surface area contributed by atoms with Crippen molar-refractivity contribution in [1.29, 1.82) is 0 Å². The van der Waals surface area contributed by atoms with Gasteiger partial charge in [0.2, 0.25) is 0 Å². The quantitative estimate of drug-likeness (QED) is 0.676. The van der Waals surface area contributed by atoms with Gasteiger partial charge in [-0.25, -0.2) is 4.79 Å². The molecule has 1 aromatic carbocycles. The number of rotatable bonds is 4. The number of nitrogens with one attached hydrogen (secondary N) is 2. The standard InChI is InChI=1S/C17H22N2O5/c1-17(2,3)24-16(23)19-9-14(21)15(22)10-4-5-11-12(8-10)18-7-6-13(11)20/h4-8,14-15,21-22H,9H2,1-3H3,(H,18,20)(H,19,23). The highest BCUT2D eigenvalue weighted by Crippen LogP contribution is 2.20. The maximum absolute atomic E-state index is 11.7. The lowest BCUT2D eigenvalue weighted by Gasteiger charge is -2.22. The second kappa shape index (κ2) is 7.02. The molecule has 2 aromatic rings. The molecule has 0 aliphatic carbocycles. The van der Waals surface area contributed by atoms with Gasteiger partial charge in [0.15, 0.2) is 5.43 Å². The van der Waals surface area contributed by atoms with Crippen LogP contribution in [-0.4, -0.2) is 39.5 Å². The topological polar surface area (TPSA) is 112 Å². The Hall–Kier alpha value is -2.38. The highest BCUT2D eigenvalue weighted by molar-refractivity contribution is 5.78. The molecule has 0 saturated heterocycles. The van der Waals surface area contributed by atoms with Gasteiger partial charge < -0.3 is 25.3 Å². The van der Waals surface area contributed by atoms with Crippen LogP contribution in [0.5, 0.6) is 0 Å². The molecule has 0 bridgehead atoms. The van der Waals surface area contributed by atoms with Crippen molar-refractivity contribution in [3.63, 3.8) is 0 Å². The third-order valence-electron chi connectivity index (χ3n) is 3.34. The summed E-state index contributed by atoms with van der Waals surface area (Å²) >= 11 is 0. The van der Waals surface area contributed by atoms with Crippen LogP contribution >= 0.6 is 0 Å². The zero-order valence-electron chi connectivity index (χ0n) is 13.9. The van der Waals surface area contributed by atoms with Gasteiger partial charge in [0.1, 0.15) is 17.8 Å². The fourth-order valence-electron chi connectivity index (χ4n) is 2.21. The Balaban J connectivity index is 2.04. The van der Waals surface area contributed by atoms with E-state index in [0.717, 1.165) is 0 Å².